The van der Waals surface area contributed by atoms with Crippen molar-refractivity contribution in [1.82, 2.24) is 0 Å². The van der Waals surface area contributed by atoms with Crippen LogP contribution in [0.15, 0.2) is 30.3 Å². The fourth-order valence-corrected chi connectivity index (χ4v) is 2.31. The summed E-state index contributed by atoms with van der Waals surface area (Å²) in [6.45, 7) is 4.89. The van der Waals surface area contributed by atoms with Gasteiger partial charge in [-0.25, -0.2) is 0 Å². The van der Waals surface area contributed by atoms with E-state index in [9.17, 15) is 8.39 Å². The molecule has 0 fully saturated rings. The summed E-state index contributed by atoms with van der Waals surface area (Å²) in [5.41, 5.74) is -0.812. The second kappa shape index (κ2) is 3.92. The third-order valence-electron chi connectivity index (χ3n) is 1.45. The normalized spacial score (nSPS) is 12.9. The lowest BCUT2D eigenvalue weighted by molar-refractivity contribution is 0.123. The van der Waals surface area contributed by atoms with Gasteiger partial charge in [-0.2, -0.15) is 4.52 Å². The second-order valence-corrected chi connectivity index (χ2v) is 5.62. The Morgan fingerprint density at radius 3 is 2.00 bits per heavy atom. The standard InChI is InChI=1S/C10H14F2OP/c1-10(2,3)13-14(11,12)9-7-5-4-6-8-9/h4-8H,1-3H3/q+1. The number of rotatable bonds is 2. The molecular weight excluding hydrogens is 205 g/mol. The molecule has 78 valence electrons. The van der Waals surface area contributed by atoms with Crippen LogP contribution in [0.5, 0.6) is 0 Å². The molecule has 1 aromatic carbocycles. The Labute approximate surface area is 83.8 Å². The minimum atomic E-state index is -4.42. The van der Waals surface area contributed by atoms with Gasteiger partial charge in [-0.3, -0.25) is 0 Å². The van der Waals surface area contributed by atoms with Crippen molar-refractivity contribution in [1.29, 1.82) is 0 Å². The van der Waals surface area contributed by atoms with Crippen LogP contribution in [-0.4, -0.2) is 5.60 Å². The molecule has 0 radical (unpaired) electrons. The first-order valence-electron chi connectivity index (χ1n) is 4.36. The van der Waals surface area contributed by atoms with Crippen molar-refractivity contribution in [2.45, 2.75) is 26.4 Å². The average molecular weight is 219 g/mol. The molecule has 0 aromatic heterocycles. The molecule has 0 unspecified atom stereocenters. The van der Waals surface area contributed by atoms with Crippen LogP contribution in [0.2, 0.25) is 0 Å². The van der Waals surface area contributed by atoms with Crippen molar-refractivity contribution in [2.24, 2.45) is 0 Å². The molecule has 0 aliphatic carbocycles. The predicted octanol–water partition coefficient (Wildman–Crippen LogP) is 3.83. The highest BCUT2D eigenvalue weighted by Crippen LogP contribution is 2.64. The lowest BCUT2D eigenvalue weighted by Gasteiger charge is -2.16. The van der Waals surface area contributed by atoms with Crippen LogP contribution in [0.3, 0.4) is 0 Å². The van der Waals surface area contributed by atoms with E-state index in [1.165, 1.54) is 12.1 Å². The molecule has 0 aliphatic heterocycles. The van der Waals surface area contributed by atoms with Gasteiger partial charge in [-0.15, -0.1) is 0 Å². The van der Waals surface area contributed by atoms with Gasteiger partial charge in [0, 0.05) is 8.39 Å². The van der Waals surface area contributed by atoms with Crippen LogP contribution in [0, 0.1) is 0 Å². The van der Waals surface area contributed by atoms with Crippen molar-refractivity contribution >= 4 is 13.4 Å². The van der Waals surface area contributed by atoms with E-state index in [4.69, 9.17) is 4.52 Å². The van der Waals surface area contributed by atoms with E-state index < -0.39 is 13.7 Å². The monoisotopic (exact) mass is 219 g/mol. The van der Waals surface area contributed by atoms with Crippen molar-refractivity contribution in [3.63, 3.8) is 0 Å². The summed E-state index contributed by atoms with van der Waals surface area (Å²) < 4.78 is 31.9. The SMILES string of the molecule is CC(C)(C)O[P+](F)(F)c1ccccc1. The first-order valence-corrected chi connectivity index (χ1v) is 5.85. The van der Waals surface area contributed by atoms with Gasteiger partial charge in [0.25, 0.3) is 0 Å². The van der Waals surface area contributed by atoms with E-state index in [0.717, 1.165) is 0 Å². The van der Waals surface area contributed by atoms with E-state index in [1.807, 2.05) is 0 Å². The average Bonchev–Trinajstić information content (AvgIpc) is 2.01. The summed E-state index contributed by atoms with van der Waals surface area (Å²) in [7, 11) is -4.42. The molecule has 1 rings (SSSR count). The topological polar surface area (TPSA) is 9.23 Å². The van der Waals surface area contributed by atoms with Gasteiger partial charge in [-0.1, -0.05) is 18.2 Å². The summed E-state index contributed by atoms with van der Waals surface area (Å²) in [5, 5.41) is -0.00470. The number of benzene rings is 1. The molecule has 0 atom stereocenters. The Morgan fingerprint density at radius 1 is 1.07 bits per heavy atom. The molecule has 0 N–H and O–H groups in total. The van der Waals surface area contributed by atoms with Gasteiger partial charge in [0.2, 0.25) is 0 Å². The molecule has 0 saturated heterocycles. The molecule has 1 aromatic rings. The Balaban J connectivity index is 2.86. The maximum absolute atomic E-state index is 13.5. The highest BCUT2D eigenvalue weighted by molar-refractivity contribution is 7.68. The van der Waals surface area contributed by atoms with Crippen LogP contribution in [0.4, 0.5) is 8.39 Å². The number of halogens is 2. The molecule has 4 heteroatoms. The first-order chi connectivity index (χ1) is 6.31. The number of hydrogen-bond donors (Lipinski definition) is 0. The largest absolute Gasteiger partial charge is 0.554 e. The summed E-state index contributed by atoms with van der Waals surface area (Å²) >= 11 is 0. The maximum atomic E-state index is 13.5. The minimum Gasteiger partial charge on any atom is -0.160 e. The van der Waals surface area contributed by atoms with Crippen molar-refractivity contribution in [3.8, 4) is 0 Å². The van der Waals surface area contributed by atoms with E-state index >= 15 is 0 Å². The zero-order valence-corrected chi connectivity index (χ0v) is 9.39. The molecule has 0 heterocycles. The highest BCUT2D eigenvalue weighted by atomic mass is 31.3. The molecule has 14 heavy (non-hydrogen) atoms. The zero-order chi connectivity index (χ0) is 10.8. The van der Waals surface area contributed by atoms with Gasteiger partial charge in [0.1, 0.15) is 5.60 Å². The van der Waals surface area contributed by atoms with Gasteiger partial charge in [-0.05, 0) is 32.9 Å². The minimum absolute atomic E-state index is 0.00470. The Bertz CT molecular complexity index is 293. The lowest BCUT2D eigenvalue weighted by Crippen LogP contribution is -2.21. The molecule has 1 nitrogen and oxygen atoms in total. The second-order valence-electron chi connectivity index (χ2n) is 4.00. The fourth-order valence-electron chi connectivity index (χ4n) is 0.998. The van der Waals surface area contributed by atoms with Gasteiger partial charge in [0.15, 0.2) is 5.30 Å². The van der Waals surface area contributed by atoms with Gasteiger partial charge in [0.05, 0.1) is 0 Å². The van der Waals surface area contributed by atoms with E-state index in [1.54, 1.807) is 39.0 Å². The molecular formula is C10H14F2OP+. The fraction of sp³-hybridized carbons (Fsp3) is 0.400. The lowest BCUT2D eigenvalue weighted by atomic mass is 10.2. The highest BCUT2D eigenvalue weighted by Gasteiger charge is 2.50. The smallest absolute Gasteiger partial charge is 0.160 e. The molecule has 0 saturated carbocycles. The maximum Gasteiger partial charge on any atom is 0.554 e. The third kappa shape index (κ3) is 3.32. The summed E-state index contributed by atoms with van der Waals surface area (Å²) in [6.07, 6.45) is 0. The van der Waals surface area contributed by atoms with Crippen molar-refractivity contribution < 1.29 is 12.9 Å². The Kier molecular flexibility index (Phi) is 3.23. The molecule has 0 amide bonds. The van der Waals surface area contributed by atoms with Gasteiger partial charge < -0.3 is 0 Å². The summed E-state index contributed by atoms with van der Waals surface area (Å²) in [5.74, 6) is 0. The van der Waals surface area contributed by atoms with Crippen LogP contribution < -0.4 is 5.30 Å². The first kappa shape index (κ1) is 11.5. The van der Waals surface area contributed by atoms with E-state index in [2.05, 4.69) is 0 Å². The Morgan fingerprint density at radius 2 is 1.57 bits per heavy atom. The van der Waals surface area contributed by atoms with E-state index in [-0.39, 0.29) is 5.30 Å². The summed E-state index contributed by atoms with van der Waals surface area (Å²) in [6, 6.07) is 7.70. The van der Waals surface area contributed by atoms with Crippen molar-refractivity contribution in [2.75, 3.05) is 0 Å². The molecule has 0 bridgehead atoms. The Hall–Kier alpha value is -0.530. The molecule has 0 aliphatic rings. The van der Waals surface area contributed by atoms with E-state index in [0.29, 0.717) is 0 Å². The van der Waals surface area contributed by atoms with Crippen molar-refractivity contribution in [3.05, 3.63) is 30.3 Å². The zero-order valence-electron chi connectivity index (χ0n) is 8.50. The van der Waals surface area contributed by atoms with Crippen LogP contribution in [0.1, 0.15) is 20.8 Å². The predicted molar refractivity (Wildman–Crippen MR) is 56.1 cm³/mol. The summed E-state index contributed by atoms with van der Waals surface area (Å²) in [4.78, 5) is 0. The van der Waals surface area contributed by atoms with Crippen LogP contribution >= 0.6 is 8.11 Å². The van der Waals surface area contributed by atoms with Crippen LogP contribution in [-0.2, 0) is 4.52 Å². The van der Waals surface area contributed by atoms with Crippen LogP contribution in [0.25, 0.3) is 0 Å². The molecule has 0 spiro atoms. The number of hydrogen-bond acceptors (Lipinski definition) is 1. The quantitative estimate of drug-likeness (QED) is 0.687. The third-order valence-corrected chi connectivity index (χ3v) is 3.12. The van der Waals surface area contributed by atoms with Gasteiger partial charge >= 0.3 is 8.11 Å².